The summed E-state index contributed by atoms with van der Waals surface area (Å²) in [5.41, 5.74) is -0.445. The predicted molar refractivity (Wildman–Crippen MR) is 453 cm³/mol. The van der Waals surface area contributed by atoms with E-state index in [2.05, 4.69) is 0 Å². The monoisotopic (exact) mass is 1590 g/mol. The second kappa shape index (κ2) is 45.6. The summed E-state index contributed by atoms with van der Waals surface area (Å²) in [6.45, 7) is 27.2. The molecule has 20 aliphatic rings. The zero-order valence-corrected chi connectivity index (χ0v) is 65.4. The Hall–Kier alpha value is -3.51. The van der Waals surface area contributed by atoms with Crippen molar-refractivity contribution in [2.45, 2.75) is 375 Å². The molecule has 17 heteroatoms. The smallest absolute Gasteiger partial charge is 0.313 e. The number of carbonyl (C=O) groups excluding carboxylic acids is 7. The number of rotatable bonds is 27. The van der Waals surface area contributed by atoms with Crippen molar-refractivity contribution in [1.82, 2.24) is 0 Å². The van der Waals surface area contributed by atoms with Gasteiger partial charge in [-0.2, -0.15) is 0 Å². The highest BCUT2D eigenvalue weighted by molar-refractivity contribution is 5.87. The van der Waals surface area contributed by atoms with E-state index in [-0.39, 0.29) is 180 Å². The highest BCUT2D eigenvalue weighted by Gasteiger charge is 2.57. The molecular formula is C95H176O17. The Bertz CT molecular complexity index is 2760. The van der Waals surface area contributed by atoms with Crippen LogP contribution in [0.5, 0.6) is 0 Å². The zero-order chi connectivity index (χ0) is 73.1. The zero-order valence-electron chi connectivity index (χ0n) is 65.4. The van der Waals surface area contributed by atoms with Gasteiger partial charge in [0.2, 0.25) is 0 Å². The quantitative estimate of drug-likeness (QED) is 0.0324. The molecule has 20 fully saturated rings. The summed E-state index contributed by atoms with van der Waals surface area (Å²) in [5.74, 6) is 12.0. The maximum absolute atomic E-state index is 12.3. The third-order valence-electron chi connectivity index (χ3n) is 29.7. The summed E-state index contributed by atoms with van der Waals surface area (Å²) in [7, 11) is 0. The molecular weight excluding hydrogens is 1410 g/mol. The van der Waals surface area contributed by atoms with Crippen molar-refractivity contribution in [3.8, 4) is 0 Å². The number of esters is 5. The lowest BCUT2D eigenvalue weighted by molar-refractivity contribution is -0.194. The van der Waals surface area contributed by atoms with Gasteiger partial charge in [0.05, 0.1) is 59.6 Å². The van der Waals surface area contributed by atoms with Crippen LogP contribution in [0.1, 0.15) is 357 Å². The Morgan fingerprint density at radius 2 is 0.580 bits per heavy atom. The largest absolute Gasteiger partial charge is 0.438 e. The summed E-state index contributed by atoms with van der Waals surface area (Å²) in [5, 5.41) is 0. The molecule has 0 spiro atoms. The van der Waals surface area contributed by atoms with Crippen molar-refractivity contribution < 1.29 is 80.9 Å². The summed E-state index contributed by atoms with van der Waals surface area (Å²) in [4.78, 5) is 83.6. The Morgan fingerprint density at radius 1 is 0.330 bits per heavy atom. The van der Waals surface area contributed by atoms with E-state index in [0.29, 0.717) is 46.3 Å². The molecule has 0 radical (unpaired) electrons. The van der Waals surface area contributed by atoms with E-state index in [1.165, 1.54) is 122 Å². The van der Waals surface area contributed by atoms with Crippen LogP contribution in [0.3, 0.4) is 0 Å². The number of carbonyl (C=O) groups is 7. The molecule has 0 aromatic carbocycles. The molecule has 0 aliphatic heterocycles. The van der Waals surface area contributed by atoms with Gasteiger partial charge in [0.25, 0.3) is 0 Å². The predicted octanol–water partition coefficient (Wildman–Crippen LogP) is 23.5. The van der Waals surface area contributed by atoms with Gasteiger partial charge in [-0.25, -0.2) is 0 Å². The van der Waals surface area contributed by atoms with Crippen molar-refractivity contribution in [2.75, 3.05) is 47.2 Å². The van der Waals surface area contributed by atoms with Gasteiger partial charge >= 0.3 is 29.8 Å². The third kappa shape index (κ3) is 25.5. The molecule has 17 nitrogen and oxygen atoms in total. The fourth-order valence-corrected chi connectivity index (χ4v) is 23.6. The van der Waals surface area contributed by atoms with Crippen molar-refractivity contribution in [1.29, 1.82) is 0 Å². The maximum Gasteiger partial charge on any atom is 0.313 e. The number of hydrogen-bond donors (Lipinski definition) is 0. The second-order valence-electron chi connectivity index (χ2n) is 38.5. The molecule has 12 atom stereocenters. The second-order valence-corrected chi connectivity index (χ2v) is 38.5. The fourth-order valence-electron chi connectivity index (χ4n) is 23.6. The Balaban J connectivity index is 0.000000685. The van der Waals surface area contributed by atoms with Crippen LogP contribution in [-0.2, 0) is 80.9 Å². The fraction of sp³-hybridized carbons (Fsp3) is 0.926. The SMILES string of the molecule is C.C.C.C.C.C.C.C.C.C.CCC(C)(C)C(=O)OCOC1C2CC3CC(C2)C(=O)C1C3.CCC(C)(C)C(=O)OCOC1C2CC3CC(C2)CC1C3.CCC(C)(C)C(=O)OCOCC12CC3CC(CC(C3)C1)C2.CCC(C)C(=O)OCOC1C2CC3CC(C2)C(=O)C1C3.CCC(C)C(=O)OCOCC12CC3CC(CC(C3)C1)C2. The van der Waals surface area contributed by atoms with Crippen LogP contribution in [0.15, 0.2) is 0 Å². The van der Waals surface area contributed by atoms with Crippen molar-refractivity contribution in [3.05, 3.63) is 0 Å². The van der Waals surface area contributed by atoms with Gasteiger partial charge in [-0.15, -0.1) is 0 Å². The number of ketones is 2. The average Bonchev–Trinajstić information content (AvgIpc) is 0.778. The molecule has 0 N–H and O–H groups in total. The molecule has 0 heterocycles. The van der Waals surface area contributed by atoms with Gasteiger partial charge in [0.15, 0.2) is 34.0 Å². The first kappa shape index (κ1) is 106. The molecule has 0 aromatic heterocycles. The van der Waals surface area contributed by atoms with Crippen LogP contribution >= 0.6 is 0 Å². The van der Waals surface area contributed by atoms with Crippen molar-refractivity contribution in [2.24, 2.45) is 145 Å². The van der Waals surface area contributed by atoms with E-state index in [1.54, 1.807) is 0 Å². The third-order valence-corrected chi connectivity index (χ3v) is 29.7. The van der Waals surface area contributed by atoms with Crippen molar-refractivity contribution in [3.63, 3.8) is 0 Å². The topological polar surface area (TPSA) is 212 Å². The lowest BCUT2D eigenvalue weighted by atomic mass is 9.50. The number of ether oxygens (including phenoxy) is 10. The lowest BCUT2D eigenvalue weighted by Crippen LogP contribution is -2.55. The minimum atomic E-state index is -0.469. The molecule has 658 valence electrons. The highest BCUT2D eigenvalue weighted by Crippen LogP contribution is 2.62. The number of Topliss-reactive ketones (excluding diaryl/α,β-unsaturated/α-hetero) is 2. The summed E-state index contributed by atoms with van der Waals surface area (Å²) >= 11 is 0. The first-order valence-corrected chi connectivity index (χ1v) is 41.5. The standard InChI is InChI=1S/C18H30O3.C17H26O4.2C17H28O3.C16H24O4.10CH4/c1-4-17(2,3)16(19)21-12-20-11-18-8-13-5-14(9-18)7-15(6-13)10-18;1-4-17(2,3)16(19)21-9-20-15-12-6-10-5-11(8-12)14(18)13(15)7-10;1-4-17(2,3)16(18)20-10-19-15-13-6-11-5-12(8-13)9-14(15)7-11;1-3-12(2)16(18)20-11-19-10-17-7-13-4-14(8-17)6-15(5-13)9-17;1-3-9(2)16(18)20-8-19-15-12-5-10-4-11(7-12)14(17)13(15)6-10;;;;;;;;;;/h13-15H,4-12H2,1-3H3;10-13,15H,4-9H2,1-3H3;11-15H,4-10H2,1-3H3;12-15H,3-11H2,1-2H3;9-13,15H,3-8H2,1-2H3;10*1H4. The molecule has 0 aromatic rings. The Labute approximate surface area is 686 Å². The van der Waals surface area contributed by atoms with E-state index in [0.717, 1.165) is 155 Å². The van der Waals surface area contributed by atoms with Crippen LogP contribution in [0.25, 0.3) is 0 Å². The van der Waals surface area contributed by atoms with Gasteiger partial charge in [-0.3, -0.25) is 33.6 Å². The Morgan fingerprint density at radius 3 is 0.884 bits per heavy atom. The van der Waals surface area contributed by atoms with E-state index in [4.69, 9.17) is 47.4 Å². The van der Waals surface area contributed by atoms with Crippen LogP contribution in [-0.4, -0.2) is 107 Å². The minimum absolute atomic E-state index is 0. The molecule has 20 saturated carbocycles. The van der Waals surface area contributed by atoms with Gasteiger partial charge in [-0.1, -0.05) is 123 Å². The van der Waals surface area contributed by atoms with E-state index < -0.39 is 16.2 Å². The molecule has 20 rings (SSSR count). The normalized spacial score (nSPS) is 35.4. The molecule has 0 amide bonds. The van der Waals surface area contributed by atoms with Crippen LogP contribution in [0, 0.1) is 145 Å². The van der Waals surface area contributed by atoms with Gasteiger partial charge in [0, 0.05) is 23.7 Å². The van der Waals surface area contributed by atoms with Gasteiger partial charge < -0.3 is 47.4 Å². The average molecular weight is 1590 g/mol. The van der Waals surface area contributed by atoms with Gasteiger partial charge in [0.1, 0.15) is 11.6 Å². The van der Waals surface area contributed by atoms with Crippen LogP contribution in [0.2, 0.25) is 0 Å². The Kier molecular flexibility index (Phi) is 43.4. The lowest BCUT2D eigenvalue weighted by Gasteiger charge is -2.56. The highest BCUT2D eigenvalue weighted by atomic mass is 16.7. The van der Waals surface area contributed by atoms with Crippen LogP contribution in [0.4, 0.5) is 0 Å². The van der Waals surface area contributed by atoms with E-state index in [1.807, 2.05) is 90.0 Å². The molecule has 20 bridgehead atoms. The molecule has 0 saturated heterocycles. The first-order chi connectivity index (χ1) is 48.5. The van der Waals surface area contributed by atoms with Crippen LogP contribution < -0.4 is 0 Å². The molecule has 112 heavy (non-hydrogen) atoms. The summed E-state index contributed by atoms with van der Waals surface area (Å²) in [6.07, 6.45) is 36.3. The van der Waals surface area contributed by atoms with E-state index in [9.17, 15) is 33.6 Å². The van der Waals surface area contributed by atoms with E-state index >= 15 is 0 Å². The van der Waals surface area contributed by atoms with Gasteiger partial charge in [-0.05, 0) is 328 Å². The van der Waals surface area contributed by atoms with Crippen molar-refractivity contribution >= 4 is 41.4 Å². The molecule has 20 aliphatic carbocycles. The summed E-state index contributed by atoms with van der Waals surface area (Å²) in [6, 6.07) is 0. The molecule has 12 unspecified atom stereocenters. The minimum Gasteiger partial charge on any atom is -0.438 e. The first-order valence-electron chi connectivity index (χ1n) is 41.5. The number of hydrogen-bond acceptors (Lipinski definition) is 17. The summed E-state index contributed by atoms with van der Waals surface area (Å²) < 4.78 is 55.4. The maximum atomic E-state index is 12.3.